The summed E-state index contributed by atoms with van der Waals surface area (Å²) in [6.45, 7) is 7.45. The number of carbonyl (C=O) groups excluding carboxylic acids is 1. The van der Waals surface area contributed by atoms with Crippen LogP contribution in [0, 0.1) is 0 Å². The van der Waals surface area contributed by atoms with E-state index in [9.17, 15) is 13.2 Å². The van der Waals surface area contributed by atoms with E-state index in [-0.39, 0.29) is 22.9 Å². The molecule has 0 atom stereocenters. The zero-order valence-corrected chi connectivity index (χ0v) is 18.4. The monoisotopic (exact) mass is 422 g/mol. The van der Waals surface area contributed by atoms with E-state index in [4.69, 9.17) is 0 Å². The Bertz CT molecular complexity index is 885. The van der Waals surface area contributed by atoms with Gasteiger partial charge in [-0.15, -0.1) is 11.8 Å². The minimum Gasteiger partial charge on any atom is -0.465 e. The second-order valence-electron chi connectivity index (χ2n) is 6.83. The maximum absolute atomic E-state index is 12.9. The SMILES string of the molecule is COC(=O)c1ccc(CSc2ccc(S(=O)(=O)N(C(C)C)C(C)C)cn2)cc1. The average Bonchev–Trinajstić information content (AvgIpc) is 2.65. The minimum absolute atomic E-state index is 0.132. The molecule has 1 heterocycles. The van der Waals surface area contributed by atoms with Crippen molar-refractivity contribution in [3.63, 3.8) is 0 Å². The summed E-state index contributed by atoms with van der Waals surface area (Å²) < 4.78 is 31.9. The number of sulfonamides is 1. The highest BCUT2D eigenvalue weighted by molar-refractivity contribution is 7.98. The van der Waals surface area contributed by atoms with E-state index in [0.29, 0.717) is 11.3 Å². The molecule has 1 aromatic carbocycles. The molecular weight excluding hydrogens is 396 g/mol. The molecule has 0 saturated heterocycles. The summed E-state index contributed by atoms with van der Waals surface area (Å²) in [4.78, 5) is 16.0. The van der Waals surface area contributed by atoms with Crippen molar-refractivity contribution in [2.24, 2.45) is 0 Å². The number of aromatic nitrogens is 1. The van der Waals surface area contributed by atoms with Crippen LogP contribution in [0.1, 0.15) is 43.6 Å². The molecule has 0 amide bonds. The van der Waals surface area contributed by atoms with Crippen LogP contribution in [0.2, 0.25) is 0 Å². The Morgan fingerprint density at radius 1 is 1.07 bits per heavy atom. The summed E-state index contributed by atoms with van der Waals surface area (Å²) in [5, 5.41) is 0.733. The lowest BCUT2D eigenvalue weighted by Crippen LogP contribution is -2.41. The number of methoxy groups -OCH3 is 1. The van der Waals surface area contributed by atoms with Gasteiger partial charge in [0.05, 0.1) is 17.7 Å². The Morgan fingerprint density at radius 2 is 1.68 bits per heavy atom. The Balaban J connectivity index is 2.07. The van der Waals surface area contributed by atoms with Crippen LogP contribution in [-0.2, 0) is 20.5 Å². The lowest BCUT2D eigenvalue weighted by molar-refractivity contribution is 0.0600. The van der Waals surface area contributed by atoms with E-state index in [1.165, 1.54) is 29.4 Å². The smallest absolute Gasteiger partial charge is 0.337 e. The van der Waals surface area contributed by atoms with Gasteiger partial charge in [0.2, 0.25) is 10.0 Å². The van der Waals surface area contributed by atoms with Crippen molar-refractivity contribution in [3.8, 4) is 0 Å². The first kappa shape index (κ1) is 22.4. The van der Waals surface area contributed by atoms with E-state index in [1.807, 2.05) is 39.8 Å². The van der Waals surface area contributed by atoms with Crippen LogP contribution in [0.25, 0.3) is 0 Å². The molecule has 152 valence electrons. The molecule has 2 rings (SSSR count). The van der Waals surface area contributed by atoms with Crippen LogP contribution < -0.4 is 0 Å². The van der Waals surface area contributed by atoms with Gasteiger partial charge in [0, 0.05) is 24.0 Å². The van der Waals surface area contributed by atoms with Gasteiger partial charge in [-0.1, -0.05) is 12.1 Å². The van der Waals surface area contributed by atoms with Crippen LogP contribution in [0.3, 0.4) is 0 Å². The molecule has 0 unspecified atom stereocenters. The first-order valence-electron chi connectivity index (χ1n) is 8.96. The number of hydrogen-bond acceptors (Lipinski definition) is 6. The first-order valence-corrected chi connectivity index (χ1v) is 11.4. The van der Waals surface area contributed by atoms with Gasteiger partial charge in [0.15, 0.2) is 0 Å². The van der Waals surface area contributed by atoms with Gasteiger partial charge in [-0.05, 0) is 57.5 Å². The highest BCUT2D eigenvalue weighted by Gasteiger charge is 2.29. The Kier molecular flexibility index (Phi) is 7.63. The Morgan fingerprint density at radius 3 is 2.14 bits per heavy atom. The fourth-order valence-corrected chi connectivity index (χ4v) is 5.47. The second kappa shape index (κ2) is 9.54. The summed E-state index contributed by atoms with van der Waals surface area (Å²) in [6, 6.07) is 10.2. The summed E-state index contributed by atoms with van der Waals surface area (Å²) >= 11 is 1.50. The molecule has 0 saturated carbocycles. The Hall–Kier alpha value is -1.90. The normalized spacial score (nSPS) is 12.0. The molecule has 0 aliphatic carbocycles. The Labute approximate surface area is 171 Å². The molecule has 28 heavy (non-hydrogen) atoms. The minimum atomic E-state index is -3.58. The van der Waals surface area contributed by atoms with E-state index < -0.39 is 10.0 Å². The molecule has 1 aromatic heterocycles. The number of hydrogen-bond donors (Lipinski definition) is 0. The lowest BCUT2D eigenvalue weighted by Gasteiger charge is -2.29. The molecule has 6 nitrogen and oxygen atoms in total. The van der Waals surface area contributed by atoms with Crippen molar-refractivity contribution in [1.29, 1.82) is 0 Å². The summed E-state index contributed by atoms with van der Waals surface area (Å²) in [6.07, 6.45) is 1.41. The zero-order chi connectivity index (χ0) is 20.9. The van der Waals surface area contributed by atoms with Crippen LogP contribution in [0.4, 0.5) is 0 Å². The number of pyridine rings is 1. The third-order valence-corrected chi connectivity index (χ3v) is 7.31. The van der Waals surface area contributed by atoms with Gasteiger partial charge in [-0.25, -0.2) is 18.2 Å². The van der Waals surface area contributed by atoms with Gasteiger partial charge >= 0.3 is 5.97 Å². The van der Waals surface area contributed by atoms with E-state index >= 15 is 0 Å². The zero-order valence-electron chi connectivity index (χ0n) is 16.7. The summed E-state index contributed by atoms with van der Waals surface area (Å²) in [5.74, 6) is 0.291. The highest BCUT2D eigenvalue weighted by atomic mass is 32.2. The number of carbonyl (C=O) groups is 1. The largest absolute Gasteiger partial charge is 0.465 e. The standard InChI is InChI=1S/C20H26N2O4S2/c1-14(2)22(15(3)4)28(24,25)18-10-11-19(21-12-18)27-13-16-6-8-17(9-7-16)20(23)26-5/h6-12,14-15H,13H2,1-5H3. The quantitative estimate of drug-likeness (QED) is 0.473. The number of thioether (sulfide) groups is 1. The second-order valence-corrected chi connectivity index (χ2v) is 9.67. The number of benzene rings is 1. The van der Waals surface area contributed by atoms with Crippen molar-refractivity contribution in [1.82, 2.24) is 9.29 Å². The number of ether oxygens (including phenoxy) is 1. The fourth-order valence-electron chi connectivity index (χ4n) is 2.89. The molecule has 2 aromatic rings. The molecule has 0 aliphatic heterocycles. The third-order valence-electron chi connectivity index (χ3n) is 4.06. The van der Waals surface area contributed by atoms with E-state index in [0.717, 1.165) is 10.6 Å². The van der Waals surface area contributed by atoms with Crippen molar-refractivity contribution in [3.05, 3.63) is 53.7 Å². The molecule has 0 fully saturated rings. The van der Waals surface area contributed by atoms with Crippen molar-refractivity contribution >= 4 is 27.8 Å². The first-order chi connectivity index (χ1) is 13.2. The van der Waals surface area contributed by atoms with Crippen LogP contribution in [0.15, 0.2) is 52.5 Å². The molecule has 0 radical (unpaired) electrons. The van der Waals surface area contributed by atoms with Crippen molar-refractivity contribution in [2.75, 3.05) is 7.11 Å². The average molecular weight is 423 g/mol. The summed E-state index contributed by atoms with van der Waals surface area (Å²) in [5.41, 5.74) is 1.53. The predicted molar refractivity (Wildman–Crippen MR) is 111 cm³/mol. The molecule has 8 heteroatoms. The van der Waals surface area contributed by atoms with Gasteiger partial charge in [0.1, 0.15) is 4.90 Å². The van der Waals surface area contributed by atoms with Crippen molar-refractivity contribution in [2.45, 2.75) is 55.5 Å². The molecule has 0 aliphatic rings. The van der Waals surface area contributed by atoms with Gasteiger partial charge < -0.3 is 4.74 Å². The molecule has 0 bridgehead atoms. The number of nitrogens with zero attached hydrogens (tertiary/aromatic N) is 2. The van der Waals surface area contributed by atoms with E-state index in [2.05, 4.69) is 9.72 Å². The third kappa shape index (κ3) is 5.33. The van der Waals surface area contributed by atoms with Crippen molar-refractivity contribution < 1.29 is 17.9 Å². The van der Waals surface area contributed by atoms with E-state index in [1.54, 1.807) is 24.3 Å². The van der Waals surface area contributed by atoms with Gasteiger partial charge in [0.25, 0.3) is 0 Å². The fraction of sp³-hybridized carbons (Fsp3) is 0.400. The van der Waals surface area contributed by atoms with Crippen LogP contribution >= 0.6 is 11.8 Å². The lowest BCUT2D eigenvalue weighted by atomic mass is 10.1. The predicted octanol–water partition coefficient (Wildman–Crippen LogP) is 3.97. The summed E-state index contributed by atoms with van der Waals surface area (Å²) in [7, 11) is -2.23. The topological polar surface area (TPSA) is 76.6 Å². The number of rotatable bonds is 8. The van der Waals surface area contributed by atoms with Crippen LogP contribution in [0.5, 0.6) is 0 Å². The highest BCUT2D eigenvalue weighted by Crippen LogP contribution is 2.25. The van der Waals surface area contributed by atoms with Gasteiger partial charge in [-0.3, -0.25) is 0 Å². The van der Waals surface area contributed by atoms with Crippen LogP contribution in [-0.4, -0.2) is 42.9 Å². The van der Waals surface area contributed by atoms with Gasteiger partial charge in [-0.2, -0.15) is 4.31 Å². The maximum atomic E-state index is 12.9. The molecule has 0 N–H and O–H groups in total. The maximum Gasteiger partial charge on any atom is 0.337 e. The molecule has 0 spiro atoms. The number of esters is 1. The molecular formula is C20H26N2O4S2.